The van der Waals surface area contributed by atoms with Gasteiger partial charge in [0.05, 0.1) is 16.5 Å². The molecule has 0 aliphatic rings. The molecule has 0 fully saturated rings. The van der Waals surface area contributed by atoms with Gasteiger partial charge in [-0.05, 0) is 23.8 Å². The van der Waals surface area contributed by atoms with E-state index < -0.39 is 0 Å². The number of rotatable bonds is 3. The number of fused-ring (bicyclic) bond motifs is 1. The van der Waals surface area contributed by atoms with E-state index in [4.69, 9.17) is 0 Å². The van der Waals surface area contributed by atoms with Crippen molar-refractivity contribution in [1.82, 2.24) is 9.78 Å². The molecule has 3 aromatic rings. The van der Waals surface area contributed by atoms with E-state index in [9.17, 15) is 14.4 Å². The molecule has 2 aromatic carbocycles. The monoisotopic (exact) mass is 280 g/mol. The number of nitrogens with one attached hydrogen (secondary N) is 1. The fraction of sp³-hybridized carbons (Fsp3) is 0.0625. The van der Waals surface area contributed by atoms with Gasteiger partial charge >= 0.3 is 0 Å². The normalized spacial score (nSPS) is 10.7. The SMILES string of the molecule is O=CCc1ccccc1-n1[nH]c(=O)c2ccccc2c1=O. The van der Waals surface area contributed by atoms with E-state index >= 15 is 0 Å². The van der Waals surface area contributed by atoms with Gasteiger partial charge in [0.1, 0.15) is 6.29 Å². The molecule has 5 heteroatoms. The van der Waals surface area contributed by atoms with E-state index in [0.717, 1.165) is 6.29 Å². The van der Waals surface area contributed by atoms with Crippen molar-refractivity contribution in [3.63, 3.8) is 0 Å². The summed E-state index contributed by atoms with van der Waals surface area (Å²) >= 11 is 0. The number of carbonyl (C=O) groups is 1. The molecule has 104 valence electrons. The third kappa shape index (κ3) is 2.18. The van der Waals surface area contributed by atoms with Crippen LogP contribution in [-0.4, -0.2) is 16.1 Å². The third-order valence-corrected chi connectivity index (χ3v) is 3.35. The predicted octanol–water partition coefficient (Wildman–Crippen LogP) is 1.42. The van der Waals surface area contributed by atoms with Crippen LogP contribution >= 0.6 is 0 Å². The summed E-state index contributed by atoms with van der Waals surface area (Å²) in [5.41, 5.74) is 0.535. The number of H-pyrrole nitrogens is 1. The molecule has 0 saturated carbocycles. The highest BCUT2D eigenvalue weighted by molar-refractivity contribution is 5.80. The molecule has 0 spiro atoms. The molecule has 0 amide bonds. The van der Waals surface area contributed by atoms with E-state index in [1.165, 1.54) is 4.68 Å². The number of para-hydroxylation sites is 1. The summed E-state index contributed by atoms with van der Waals surface area (Å²) in [6, 6.07) is 13.6. The van der Waals surface area contributed by atoms with Gasteiger partial charge in [0.15, 0.2) is 0 Å². The van der Waals surface area contributed by atoms with Crippen molar-refractivity contribution in [2.75, 3.05) is 0 Å². The molecule has 1 N–H and O–H groups in total. The second kappa shape index (κ2) is 5.20. The van der Waals surface area contributed by atoms with Gasteiger partial charge in [0.25, 0.3) is 11.1 Å². The Morgan fingerprint density at radius 3 is 2.38 bits per heavy atom. The lowest BCUT2D eigenvalue weighted by atomic mass is 10.1. The van der Waals surface area contributed by atoms with Crippen LogP contribution in [0.5, 0.6) is 0 Å². The smallest absolute Gasteiger partial charge is 0.277 e. The quantitative estimate of drug-likeness (QED) is 0.737. The molecule has 0 unspecified atom stereocenters. The molecule has 1 heterocycles. The minimum Gasteiger partial charge on any atom is -0.303 e. The van der Waals surface area contributed by atoms with Crippen LogP contribution < -0.4 is 11.1 Å². The van der Waals surface area contributed by atoms with Crippen LogP contribution in [-0.2, 0) is 11.2 Å². The van der Waals surface area contributed by atoms with Crippen LogP contribution in [0, 0.1) is 0 Å². The number of carbonyl (C=O) groups excluding carboxylic acids is 1. The van der Waals surface area contributed by atoms with Crippen LogP contribution in [0.1, 0.15) is 5.56 Å². The molecule has 0 aliphatic heterocycles. The topological polar surface area (TPSA) is 71.9 Å². The number of hydrogen-bond donors (Lipinski definition) is 1. The molecule has 5 nitrogen and oxygen atoms in total. The zero-order valence-electron chi connectivity index (χ0n) is 11.1. The first kappa shape index (κ1) is 13.1. The van der Waals surface area contributed by atoms with Gasteiger partial charge in [-0.1, -0.05) is 30.3 Å². The molecular formula is C16H12N2O3. The minimum atomic E-state index is -0.342. The second-order valence-electron chi connectivity index (χ2n) is 4.63. The highest BCUT2D eigenvalue weighted by Gasteiger charge is 2.10. The average Bonchev–Trinajstić information content (AvgIpc) is 2.52. The fourth-order valence-electron chi connectivity index (χ4n) is 2.36. The van der Waals surface area contributed by atoms with Crippen molar-refractivity contribution in [2.45, 2.75) is 6.42 Å². The zero-order valence-corrected chi connectivity index (χ0v) is 11.1. The summed E-state index contributed by atoms with van der Waals surface area (Å²) in [5, 5.41) is 3.27. The lowest BCUT2D eigenvalue weighted by molar-refractivity contribution is -0.107. The maximum Gasteiger partial charge on any atom is 0.277 e. The molecule has 0 saturated heterocycles. The van der Waals surface area contributed by atoms with Gasteiger partial charge in [0.2, 0.25) is 0 Å². The molecular weight excluding hydrogens is 268 g/mol. The highest BCUT2D eigenvalue weighted by atomic mass is 16.2. The molecule has 0 radical (unpaired) electrons. The molecule has 1 aromatic heterocycles. The number of aldehydes is 1. The Labute approximate surface area is 119 Å². The van der Waals surface area contributed by atoms with Gasteiger partial charge in [-0.3, -0.25) is 14.7 Å². The van der Waals surface area contributed by atoms with Crippen molar-refractivity contribution >= 4 is 17.1 Å². The van der Waals surface area contributed by atoms with Crippen molar-refractivity contribution in [3.05, 3.63) is 74.8 Å². The Bertz CT molecular complexity index is 938. The molecule has 0 aliphatic carbocycles. The number of aromatic amines is 1. The number of nitrogens with zero attached hydrogens (tertiary/aromatic N) is 1. The van der Waals surface area contributed by atoms with Crippen LogP contribution in [0.15, 0.2) is 58.1 Å². The van der Waals surface area contributed by atoms with Crippen LogP contribution in [0.2, 0.25) is 0 Å². The summed E-state index contributed by atoms with van der Waals surface area (Å²) in [4.78, 5) is 35.4. The standard InChI is InChI=1S/C16H12N2O3/c19-10-9-11-5-1-4-8-14(11)18-16(21)13-7-3-2-6-12(13)15(20)17-18/h1-8,10H,9H2,(H,17,20). The van der Waals surface area contributed by atoms with E-state index in [0.29, 0.717) is 22.0 Å². The van der Waals surface area contributed by atoms with Crippen LogP contribution in [0.4, 0.5) is 0 Å². The Morgan fingerprint density at radius 1 is 0.952 bits per heavy atom. The summed E-state index contributed by atoms with van der Waals surface area (Å²) in [7, 11) is 0. The van der Waals surface area contributed by atoms with Crippen molar-refractivity contribution in [3.8, 4) is 5.69 Å². The van der Waals surface area contributed by atoms with Crippen molar-refractivity contribution in [1.29, 1.82) is 0 Å². The first-order chi connectivity index (χ1) is 10.2. The lowest BCUT2D eigenvalue weighted by Gasteiger charge is -2.10. The summed E-state index contributed by atoms with van der Waals surface area (Å²) in [6.45, 7) is 0. The second-order valence-corrected chi connectivity index (χ2v) is 4.63. The Kier molecular flexibility index (Phi) is 3.23. The van der Waals surface area contributed by atoms with E-state index in [1.807, 2.05) is 0 Å². The van der Waals surface area contributed by atoms with Crippen LogP contribution in [0.3, 0.4) is 0 Å². The van der Waals surface area contributed by atoms with Gasteiger partial charge < -0.3 is 4.79 Å². The maximum absolute atomic E-state index is 12.5. The predicted molar refractivity (Wildman–Crippen MR) is 79.9 cm³/mol. The van der Waals surface area contributed by atoms with Gasteiger partial charge in [-0.15, -0.1) is 0 Å². The lowest BCUT2D eigenvalue weighted by Crippen LogP contribution is -2.29. The summed E-state index contributed by atoms with van der Waals surface area (Å²) < 4.78 is 1.20. The first-order valence-electron chi connectivity index (χ1n) is 6.48. The van der Waals surface area contributed by atoms with E-state index in [-0.39, 0.29) is 17.5 Å². The molecule has 21 heavy (non-hydrogen) atoms. The largest absolute Gasteiger partial charge is 0.303 e. The minimum absolute atomic E-state index is 0.178. The van der Waals surface area contributed by atoms with Crippen LogP contribution in [0.25, 0.3) is 16.5 Å². The Balaban J connectivity index is 2.37. The Morgan fingerprint density at radius 2 is 1.62 bits per heavy atom. The van der Waals surface area contributed by atoms with E-state index in [2.05, 4.69) is 5.10 Å². The zero-order chi connectivity index (χ0) is 14.8. The van der Waals surface area contributed by atoms with Gasteiger partial charge in [0, 0.05) is 6.42 Å². The third-order valence-electron chi connectivity index (χ3n) is 3.35. The van der Waals surface area contributed by atoms with Crippen molar-refractivity contribution in [2.24, 2.45) is 0 Å². The highest BCUT2D eigenvalue weighted by Crippen LogP contribution is 2.12. The summed E-state index contributed by atoms with van der Waals surface area (Å²) in [5.74, 6) is 0. The fourth-order valence-corrected chi connectivity index (χ4v) is 2.36. The molecule has 0 bridgehead atoms. The number of aromatic nitrogens is 2. The summed E-state index contributed by atoms with van der Waals surface area (Å²) in [6.07, 6.45) is 0.945. The van der Waals surface area contributed by atoms with E-state index in [1.54, 1.807) is 48.5 Å². The first-order valence-corrected chi connectivity index (χ1v) is 6.48. The molecule has 3 rings (SSSR count). The maximum atomic E-state index is 12.5. The van der Waals surface area contributed by atoms with Crippen molar-refractivity contribution < 1.29 is 4.79 Å². The number of hydrogen-bond acceptors (Lipinski definition) is 3. The molecule has 0 atom stereocenters. The Hall–Kier alpha value is -2.95. The van der Waals surface area contributed by atoms with Gasteiger partial charge in [-0.25, -0.2) is 4.68 Å². The van der Waals surface area contributed by atoms with Gasteiger partial charge in [-0.2, -0.15) is 0 Å². The number of benzene rings is 2. The average molecular weight is 280 g/mol.